The minimum atomic E-state index is -0.670. The van der Waals surface area contributed by atoms with E-state index in [-0.39, 0.29) is 23.0 Å². The van der Waals surface area contributed by atoms with Crippen LogP contribution in [0.1, 0.15) is 34.1 Å². The molecule has 120 valence electrons. The first-order valence-corrected chi connectivity index (χ1v) is 7.00. The van der Waals surface area contributed by atoms with E-state index in [1.54, 1.807) is 0 Å². The lowest BCUT2D eigenvalue weighted by Gasteiger charge is -2.17. The Morgan fingerprint density at radius 3 is 2.41 bits per heavy atom. The molecule has 1 N–H and O–H groups in total. The summed E-state index contributed by atoms with van der Waals surface area (Å²) in [5.74, 6) is 0.673. The molecule has 0 saturated heterocycles. The molecule has 0 aromatic heterocycles. The van der Waals surface area contributed by atoms with Crippen LogP contribution in [-0.2, 0) is 0 Å². The number of hydrogen-bond acceptors (Lipinski definition) is 6. The number of hydrazone groups is 1. The first-order valence-electron chi connectivity index (χ1n) is 7.00. The van der Waals surface area contributed by atoms with Gasteiger partial charge in [0.25, 0.3) is 5.69 Å². The molecule has 2 atom stereocenters. The van der Waals surface area contributed by atoms with Gasteiger partial charge in [-0.1, -0.05) is 27.2 Å². The van der Waals surface area contributed by atoms with Crippen molar-refractivity contribution in [2.45, 2.75) is 34.1 Å². The van der Waals surface area contributed by atoms with Gasteiger partial charge in [0, 0.05) is 11.8 Å². The van der Waals surface area contributed by atoms with Crippen molar-refractivity contribution in [3.8, 4) is 0 Å². The average Bonchev–Trinajstić information content (AvgIpc) is 2.50. The molecule has 0 spiro atoms. The van der Waals surface area contributed by atoms with E-state index in [1.807, 2.05) is 13.8 Å². The van der Waals surface area contributed by atoms with Crippen LogP contribution >= 0.6 is 0 Å². The fourth-order valence-corrected chi connectivity index (χ4v) is 1.89. The third kappa shape index (κ3) is 4.24. The van der Waals surface area contributed by atoms with Gasteiger partial charge in [0.05, 0.1) is 15.9 Å². The fraction of sp³-hybridized carbons (Fsp3) is 0.500. The Morgan fingerprint density at radius 1 is 1.27 bits per heavy atom. The minimum Gasteiger partial charge on any atom is -0.272 e. The van der Waals surface area contributed by atoms with E-state index in [4.69, 9.17) is 0 Å². The Balaban J connectivity index is 3.03. The van der Waals surface area contributed by atoms with Gasteiger partial charge in [-0.05, 0) is 24.8 Å². The number of rotatable bonds is 7. The lowest BCUT2D eigenvalue weighted by atomic mass is 9.90. The summed E-state index contributed by atoms with van der Waals surface area (Å²) in [5.41, 5.74) is 2.90. The summed E-state index contributed by atoms with van der Waals surface area (Å²) in [6.07, 6.45) is 1.01. The van der Waals surface area contributed by atoms with Gasteiger partial charge in [-0.3, -0.25) is 25.7 Å². The predicted octanol–water partition coefficient (Wildman–Crippen LogP) is 3.97. The molecular formula is C14H20N4O4. The van der Waals surface area contributed by atoms with Crippen LogP contribution in [0.25, 0.3) is 0 Å². The number of nitro benzene ring substituents is 2. The molecule has 8 nitrogen and oxygen atoms in total. The topological polar surface area (TPSA) is 111 Å². The molecule has 0 saturated carbocycles. The van der Waals surface area contributed by atoms with Crippen LogP contribution in [0.15, 0.2) is 23.3 Å². The third-order valence-corrected chi connectivity index (χ3v) is 3.90. The molecule has 0 amide bonds. The largest absolute Gasteiger partial charge is 0.301 e. The zero-order chi connectivity index (χ0) is 16.9. The summed E-state index contributed by atoms with van der Waals surface area (Å²) < 4.78 is 0. The Bertz CT molecular complexity index is 601. The summed E-state index contributed by atoms with van der Waals surface area (Å²) in [5, 5.41) is 25.9. The Hall–Kier alpha value is -2.51. The first kappa shape index (κ1) is 17.5. The van der Waals surface area contributed by atoms with Gasteiger partial charge in [0.2, 0.25) is 0 Å². The van der Waals surface area contributed by atoms with Crippen molar-refractivity contribution in [3.63, 3.8) is 0 Å². The van der Waals surface area contributed by atoms with Crippen molar-refractivity contribution < 1.29 is 9.85 Å². The van der Waals surface area contributed by atoms with E-state index in [0.29, 0.717) is 5.92 Å². The van der Waals surface area contributed by atoms with Gasteiger partial charge in [-0.25, -0.2) is 0 Å². The van der Waals surface area contributed by atoms with Crippen molar-refractivity contribution in [3.05, 3.63) is 38.4 Å². The van der Waals surface area contributed by atoms with Gasteiger partial charge in [-0.2, -0.15) is 5.10 Å². The Kier molecular flexibility index (Phi) is 5.97. The normalized spacial score (nSPS) is 14.3. The highest BCUT2D eigenvalue weighted by Gasteiger charge is 2.20. The maximum Gasteiger partial charge on any atom is 0.301 e. The Morgan fingerprint density at radius 2 is 1.91 bits per heavy atom. The maximum absolute atomic E-state index is 11.0. The standard InChI is InChI=1S/C14H20N4O4/c1-5-9(2)10(3)11(4)15-16-13-7-6-12(17(19)20)8-14(13)18(21)22/h6-10,16H,5H2,1-4H3/b15-11-/t9-,10-/m1/s1. The smallest absolute Gasteiger partial charge is 0.272 e. The van der Waals surface area contributed by atoms with Crippen molar-refractivity contribution >= 4 is 22.8 Å². The van der Waals surface area contributed by atoms with E-state index in [1.165, 1.54) is 12.1 Å². The average molecular weight is 308 g/mol. The lowest BCUT2D eigenvalue weighted by molar-refractivity contribution is -0.393. The van der Waals surface area contributed by atoms with Crippen molar-refractivity contribution in [2.75, 3.05) is 5.43 Å². The number of nitrogens with one attached hydrogen (secondary N) is 1. The van der Waals surface area contributed by atoms with Gasteiger partial charge in [0.1, 0.15) is 5.69 Å². The second-order valence-electron chi connectivity index (χ2n) is 5.25. The highest BCUT2D eigenvalue weighted by Crippen LogP contribution is 2.29. The number of anilines is 1. The van der Waals surface area contributed by atoms with E-state index >= 15 is 0 Å². The fourth-order valence-electron chi connectivity index (χ4n) is 1.89. The van der Waals surface area contributed by atoms with E-state index < -0.39 is 9.85 Å². The lowest BCUT2D eigenvalue weighted by Crippen LogP contribution is -2.17. The minimum absolute atomic E-state index is 0.131. The monoisotopic (exact) mass is 308 g/mol. The molecular weight excluding hydrogens is 288 g/mol. The highest BCUT2D eigenvalue weighted by molar-refractivity contribution is 5.85. The molecule has 1 aromatic carbocycles. The summed E-state index contributed by atoms with van der Waals surface area (Å²) in [7, 11) is 0. The highest BCUT2D eigenvalue weighted by atomic mass is 16.6. The van der Waals surface area contributed by atoms with Gasteiger partial charge in [-0.15, -0.1) is 0 Å². The summed E-state index contributed by atoms with van der Waals surface area (Å²) in [6.45, 7) is 8.08. The van der Waals surface area contributed by atoms with Crippen LogP contribution in [0.5, 0.6) is 0 Å². The number of nitro groups is 2. The molecule has 8 heteroatoms. The molecule has 0 aliphatic rings. The summed E-state index contributed by atoms with van der Waals surface area (Å²) in [6, 6.07) is 3.42. The third-order valence-electron chi connectivity index (χ3n) is 3.90. The summed E-state index contributed by atoms with van der Waals surface area (Å²) >= 11 is 0. The molecule has 0 aliphatic carbocycles. The van der Waals surface area contributed by atoms with Crippen LogP contribution in [0.2, 0.25) is 0 Å². The van der Waals surface area contributed by atoms with Crippen molar-refractivity contribution in [1.82, 2.24) is 0 Å². The number of nitrogens with zero attached hydrogens (tertiary/aromatic N) is 3. The molecule has 1 rings (SSSR count). The van der Waals surface area contributed by atoms with Gasteiger partial charge >= 0.3 is 5.69 Å². The second kappa shape index (κ2) is 7.48. The molecule has 0 heterocycles. The van der Waals surface area contributed by atoms with Crippen LogP contribution in [0.4, 0.5) is 17.1 Å². The molecule has 0 unspecified atom stereocenters. The second-order valence-corrected chi connectivity index (χ2v) is 5.25. The van der Waals surface area contributed by atoms with Crippen LogP contribution in [0.3, 0.4) is 0 Å². The van der Waals surface area contributed by atoms with Crippen LogP contribution < -0.4 is 5.43 Å². The molecule has 0 bridgehead atoms. The first-order chi connectivity index (χ1) is 10.3. The molecule has 22 heavy (non-hydrogen) atoms. The quantitative estimate of drug-likeness (QED) is 0.465. The molecule has 1 aromatic rings. The molecule has 0 aliphatic heterocycles. The van der Waals surface area contributed by atoms with E-state index in [0.717, 1.165) is 18.2 Å². The van der Waals surface area contributed by atoms with Gasteiger partial charge < -0.3 is 0 Å². The predicted molar refractivity (Wildman–Crippen MR) is 85.1 cm³/mol. The van der Waals surface area contributed by atoms with Gasteiger partial charge in [0.15, 0.2) is 0 Å². The van der Waals surface area contributed by atoms with Crippen molar-refractivity contribution in [1.29, 1.82) is 0 Å². The zero-order valence-corrected chi connectivity index (χ0v) is 13.1. The molecule has 0 radical (unpaired) electrons. The SMILES string of the molecule is CC[C@@H](C)[C@@H](C)/C(C)=N\Nc1ccc([N+](=O)[O-])cc1[N+](=O)[O-]. The number of non-ortho nitro benzene ring substituents is 1. The summed E-state index contributed by atoms with van der Waals surface area (Å²) in [4.78, 5) is 20.4. The van der Waals surface area contributed by atoms with Crippen LogP contribution in [0, 0.1) is 32.1 Å². The molecule has 0 fully saturated rings. The number of hydrogen-bond donors (Lipinski definition) is 1. The van der Waals surface area contributed by atoms with Crippen molar-refractivity contribution in [2.24, 2.45) is 16.9 Å². The maximum atomic E-state index is 11.0. The van der Waals surface area contributed by atoms with E-state index in [2.05, 4.69) is 24.4 Å². The number of benzene rings is 1. The Labute approximate surface area is 128 Å². The van der Waals surface area contributed by atoms with Crippen LogP contribution in [-0.4, -0.2) is 15.6 Å². The van der Waals surface area contributed by atoms with E-state index in [9.17, 15) is 20.2 Å². The zero-order valence-electron chi connectivity index (χ0n) is 13.1.